The Morgan fingerprint density at radius 2 is 0.811 bits per heavy atom. The monoisotopic (exact) mass is 676 g/mol. The second-order valence-electron chi connectivity index (χ2n) is 13.3. The van der Waals surface area contributed by atoms with Gasteiger partial charge in [0.05, 0.1) is 11.4 Å². The van der Waals surface area contributed by atoms with Crippen LogP contribution in [-0.4, -0.2) is 9.97 Å². The lowest BCUT2D eigenvalue weighted by atomic mass is 9.92. The van der Waals surface area contributed by atoms with Crippen molar-refractivity contribution in [3.63, 3.8) is 0 Å². The van der Waals surface area contributed by atoms with Crippen molar-refractivity contribution in [2.45, 2.75) is 0 Å². The van der Waals surface area contributed by atoms with Crippen molar-refractivity contribution in [2.24, 2.45) is 0 Å². The van der Waals surface area contributed by atoms with Crippen LogP contribution in [0.5, 0.6) is 0 Å². The quantitative estimate of drug-likeness (QED) is 0.176. The van der Waals surface area contributed by atoms with Crippen LogP contribution in [0.3, 0.4) is 0 Å². The van der Waals surface area contributed by atoms with Gasteiger partial charge in [0.1, 0.15) is 11.2 Å². The minimum absolute atomic E-state index is 0.715. The Morgan fingerprint density at radius 1 is 0.321 bits per heavy atom. The summed E-state index contributed by atoms with van der Waals surface area (Å²) < 4.78 is 6.59. The van der Waals surface area contributed by atoms with E-state index in [0.29, 0.717) is 5.82 Å². The predicted octanol–water partition coefficient (Wildman–Crippen LogP) is 13.5. The van der Waals surface area contributed by atoms with Crippen LogP contribution in [0.2, 0.25) is 0 Å². The summed E-state index contributed by atoms with van der Waals surface area (Å²) in [5, 5.41) is 4.56. The number of furan rings is 1. The first-order valence-corrected chi connectivity index (χ1v) is 17.9. The largest absolute Gasteiger partial charge is 0.455 e. The third-order valence-corrected chi connectivity index (χ3v) is 10.1. The summed E-state index contributed by atoms with van der Waals surface area (Å²) in [5.74, 6) is 0.715. The molecule has 248 valence electrons. The molecule has 3 nitrogen and oxygen atoms in total. The highest BCUT2D eigenvalue weighted by atomic mass is 16.3. The van der Waals surface area contributed by atoms with Gasteiger partial charge in [-0.3, -0.25) is 0 Å². The molecular formula is C50H32N2O. The Bertz CT molecular complexity index is 2840. The van der Waals surface area contributed by atoms with Crippen LogP contribution in [-0.2, 0) is 0 Å². The van der Waals surface area contributed by atoms with E-state index in [4.69, 9.17) is 14.4 Å². The fraction of sp³-hybridized carbons (Fsp3) is 0. The zero-order valence-corrected chi connectivity index (χ0v) is 28.8. The van der Waals surface area contributed by atoms with Crippen LogP contribution in [0.1, 0.15) is 0 Å². The highest BCUT2D eigenvalue weighted by molar-refractivity contribution is 6.22. The third kappa shape index (κ3) is 5.56. The standard InChI is InChI=1S/C50H32N2O/c1-4-13-35(14-5-1)40-21-12-22-47-48(40)44-31-43(41-19-10-11-20-42(41)49(44)53-47)36-27-23-33(24-28-36)34-25-29-38(30-26-34)46-32-45(37-15-6-2-7-16-37)51-50(52-46)39-17-8-3-9-18-39/h1-32H. The Hall–Kier alpha value is -7.10. The molecule has 8 aromatic carbocycles. The molecule has 0 amide bonds. The van der Waals surface area contributed by atoms with Gasteiger partial charge in [0.15, 0.2) is 5.82 Å². The summed E-state index contributed by atoms with van der Waals surface area (Å²) in [4.78, 5) is 9.96. The van der Waals surface area contributed by atoms with Crippen LogP contribution in [0, 0.1) is 0 Å². The molecule has 0 radical (unpaired) electrons. The minimum Gasteiger partial charge on any atom is -0.455 e. The lowest BCUT2D eigenvalue weighted by Gasteiger charge is -2.11. The Labute approximate surface area is 307 Å². The number of aromatic nitrogens is 2. The average Bonchev–Trinajstić information content (AvgIpc) is 3.63. The van der Waals surface area contributed by atoms with Crippen LogP contribution in [0.4, 0.5) is 0 Å². The van der Waals surface area contributed by atoms with E-state index in [2.05, 4.69) is 158 Å². The van der Waals surface area contributed by atoms with E-state index >= 15 is 0 Å². The van der Waals surface area contributed by atoms with Crippen LogP contribution < -0.4 is 0 Å². The van der Waals surface area contributed by atoms with Crippen molar-refractivity contribution < 1.29 is 4.42 Å². The first-order chi connectivity index (χ1) is 26.3. The second-order valence-corrected chi connectivity index (χ2v) is 13.3. The summed E-state index contributed by atoms with van der Waals surface area (Å²) in [6.07, 6.45) is 0. The smallest absolute Gasteiger partial charge is 0.160 e. The van der Waals surface area contributed by atoms with Gasteiger partial charge >= 0.3 is 0 Å². The maximum Gasteiger partial charge on any atom is 0.160 e. The van der Waals surface area contributed by atoms with E-state index in [-0.39, 0.29) is 0 Å². The number of hydrogen-bond acceptors (Lipinski definition) is 3. The van der Waals surface area contributed by atoms with Crippen molar-refractivity contribution in [3.05, 3.63) is 194 Å². The highest BCUT2D eigenvalue weighted by Gasteiger charge is 2.18. The molecule has 0 aliphatic rings. The van der Waals surface area contributed by atoms with E-state index in [0.717, 1.165) is 72.1 Å². The summed E-state index contributed by atoms with van der Waals surface area (Å²) in [6, 6.07) is 67.9. The van der Waals surface area contributed by atoms with Gasteiger partial charge in [-0.15, -0.1) is 0 Å². The van der Waals surface area contributed by atoms with Crippen LogP contribution in [0.15, 0.2) is 199 Å². The Morgan fingerprint density at radius 3 is 1.45 bits per heavy atom. The van der Waals surface area contributed by atoms with Gasteiger partial charge < -0.3 is 4.42 Å². The topological polar surface area (TPSA) is 38.9 Å². The number of rotatable bonds is 6. The number of benzene rings is 8. The van der Waals surface area contributed by atoms with Crippen molar-refractivity contribution in [3.8, 4) is 67.3 Å². The van der Waals surface area contributed by atoms with Crippen molar-refractivity contribution in [1.29, 1.82) is 0 Å². The predicted molar refractivity (Wildman–Crippen MR) is 219 cm³/mol. The van der Waals surface area contributed by atoms with Crippen molar-refractivity contribution in [2.75, 3.05) is 0 Å². The molecule has 53 heavy (non-hydrogen) atoms. The zero-order valence-electron chi connectivity index (χ0n) is 28.8. The molecule has 3 heteroatoms. The molecule has 0 aliphatic heterocycles. The summed E-state index contributed by atoms with van der Waals surface area (Å²) >= 11 is 0. The lowest BCUT2D eigenvalue weighted by Crippen LogP contribution is -1.95. The lowest BCUT2D eigenvalue weighted by molar-refractivity contribution is 0.673. The Kier molecular flexibility index (Phi) is 7.47. The van der Waals surface area contributed by atoms with Gasteiger partial charge in [-0.2, -0.15) is 0 Å². The first-order valence-electron chi connectivity index (χ1n) is 17.9. The van der Waals surface area contributed by atoms with Gasteiger partial charge in [-0.1, -0.05) is 176 Å². The molecule has 0 N–H and O–H groups in total. The molecule has 2 aromatic heterocycles. The number of nitrogens with zero attached hydrogens (tertiary/aromatic N) is 2. The normalized spacial score (nSPS) is 11.4. The SMILES string of the molecule is c1ccc(-c2cc(-c3ccc(-c4ccc(-c5cc6c(oc7cccc(-c8ccccc8)c76)c6ccccc56)cc4)cc3)nc(-c3ccccc3)n2)cc1. The molecular weight excluding hydrogens is 645 g/mol. The molecule has 0 saturated carbocycles. The van der Waals surface area contributed by atoms with Gasteiger partial charge in [0, 0.05) is 32.8 Å². The van der Waals surface area contributed by atoms with E-state index in [1.165, 1.54) is 22.1 Å². The van der Waals surface area contributed by atoms with Crippen LogP contribution >= 0.6 is 0 Å². The third-order valence-electron chi connectivity index (χ3n) is 10.1. The number of hydrogen-bond donors (Lipinski definition) is 0. The second kappa shape index (κ2) is 12.9. The van der Waals surface area contributed by atoms with Gasteiger partial charge in [-0.25, -0.2) is 9.97 Å². The van der Waals surface area contributed by atoms with Gasteiger partial charge in [0.25, 0.3) is 0 Å². The van der Waals surface area contributed by atoms with E-state index in [1.54, 1.807) is 0 Å². The minimum atomic E-state index is 0.715. The van der Waals surface area contributed by atoms with Gasteiger partial charge in [0.2, 0.25) is 0 Å². The molecule has 0 saturated heterocycles. The van der Waals surface area contributed by atoms with Crippen molar-refractivity contribution in [1.82, 2.24) is 9.97 Å². The highest BCUT2D eigenvalue weighted by Crippen LogP contribution is 2.43. The fourth-order valence-electron chi connectivity index (χ4n) is 7.49. The molecule has 0 aliphatic carbocycles. The molecule has 10 rings (SSSR count). The summed E-state index contributed by atoms with van der Waals surface area (Å²) in [5.41, 5.74) is 13.7. The Balaban J connectivity index is 1.02. The summed E-state index contributed by atoms with van der Waals surface area (Å²) in [7, 11) is 0. The van der Waals surface area contributed by atoms with E-state index < -0.39 is 0 Å². The zero-order chi connectivity index (χ0) is 35.1. The van der Waals surface area contributed by atoms with Gasteiger partial charge in [-0.05, 0) is 57.0 Å². The van der Waals surface area contributed by atoms with E-state index in [1.807, 2.05) is 36.4 Å². The molecule has 0 atom stereocenters. The molecule has 0 bridgehead atoms. The van der Waals surface area contributed by atoms with E-state index in [9.17, 15) is 0 Å². The van der Waals surface area contributed by atoms with Crippen molar-refractivity contribution >= 4 is 32.7 Å². The first kappa shape index (κ1) is 30.7. The molecule has 0 spiro atoms. The van der Waals surface area contributed by atoms with Crippen LogP contribution in [0.25, 0.3) is 100.0 Å². The average molecular weight is 677 g/mol. The maximum atomic E-state index is 6.59. The number of fused-ring (bicyclic) bond motifs is 5. The molecule has 2 heterocycles. The maximum absolute atomic E-state index is 6.59. The molecule has 10 aromatic rings. The molecule has 0 unspecified atom stereocenters. The molecule has 0 fully saturated rings. The fourth-order valence-corrected chi connectivity index (χ4v) is 7.49. The summed E-state index contributed by atoms with van der Waals surface area (Å²) in [6.45, 7) is 0.